The van der Waals surface area contributed by atoms with Gasteiger partial charge in [0.25, 0.3) is 5.91 Å². The van der Waals surface area contributed by atoms with E-state index < -0.39 is 11.8 Å². The third kappa shape index (κ3) is 7.41. The minimum absolute atomic E-state index is 0.207. The Morgan fingerprint density at radius 2 is 1.87 bits per heavy atom. The lowest BCUT2D eigenvalue weighted by Gasteiger charge is -2.12. The Kier molecular flexibility index (Phi) is 9.01. The normalized spacial score (nSPS) is 10.5. The van der Waals surface area contributed by atoms with E-state index in [2.05, 4.69) is 37.1 Å². The molecule has 2 rings (SSSR count). The summed E-state index contributed by atoms with van der Waals surface area (Å²) in [5, 5.41) is 8.87. The number of nitrogens with zero attached hydrogens (tertiary/aromatic N) is 1. The molecule has 164 valence electrons. The summed E-state index contributed by atoms with van der Waals surface area (Å²) in [6, 6.07) is 10.4. The number of likely N-dealkylation sites (N-methyl/N-ethyl adjacent to an activating group) is 1. The van der Waals surface area contributed by atoms with Crippen molar-refractivity contribution in [2.45, 2.75) is 13.8 Å². The number of anilines is 1. The molecule has 0 radical (unpaired) electrons. The van der Waals surface area contributed by atoms with Gasteiger partial charge in [-0.25, -0.2) is 5.43 Å². The van der Waals surface area contributed by atoms with E-state index in [1.807, 2.05) is 19.1 Å². The number of nitrogens with one attached hydrogen (secondary N) is 3. The van der Waals surface area contributed by atoms with Crippen LogP contribution in [-0.2, 0) is 14.4 Å². The van der Waals surface area contributed by atoms with Gasteiger partial charge in [-0.2, -0.15) is 5.10 Å². The Balaban J connectivity index is 1.94. The molecule has 0 bridgehead atoms. The first kappa shape index (κ1) is 23.9. The molecule has 2 aromatic rings. The van der Waals surface area contributed by atoms with Crippen LogP contribution in [0.25, 0.3) is 0 Å². The Morgan fingerprint density at radius 1 is 1.10 bits per heavy atom. The topological polar surface area (TPSA) is 118 Å². The second-order valence-electron chi connectivity index (χ2n) is 6.27. The summed E-state index contributed by atoms with van der Waals surface area (Å²) < 4.78 is 11.8. The SMILES string of the molecule is CCNC(=O)C(=O)N/N=C\c1ccc(OCC(=O)Nc2ccc(Br)c(C)c2)c(OC)c1. The lowest BCUT2D eigenvalue weighted by molar-refractivity contribution is -0.139. The van der Waals surface area contributed by atoms with Crippen LogP contribution in [0.5, 0.6) is 11.5 Å². The van der Waals surface area contributed by atoms with Crippen molar-refractivity contribution in [1.29, 1.82) is 0 Å². The molecule has 0 unspecified atom stereocenters. The number of amides is 3. The van der Waals surface area contributed by atoms with Crippen molar-refractivity contribution in [3.63, 3.8) is 0 Å². The van der Waals surface area contributed by atoms with Crippen molar-refractivity contribution in [1.82, 2.24) is 10.7 Å². The van der Waals surface area contributed by atoms with Crippen molar-refractivity contribution in [3.8, 4) is 11.5 Å². The number of hydrazone groups is 1. The molecule has 0 aliphatic heterocycles. The van der Waals surface area contributed by atoms with Gasteiger partial charge in [-0.1, -0.05) is 15.9 Å². The van der Waals surface area contributed by atoms with Gasteiger partial charge in [-0.3, -0.25) is 14.4 Å². The number of carbonyl (C=O) groups is 3. The van der Waals surface area contributed by atoms with Gasteiger partial charge in [0.2, 0.25) is 0 Å². The summed E-state index contributed by atoms with van der Waals surface area (Å²) in [7, 11) is 1.46. The minimum Gasteiger partial charge on any atom is -0.493 e. The first-order valence-electron chi connectivity index (χ1n) is 9.32. The predicted molar refractivity (Wildman–Crippen MR) is 120 cm³/mol. The molecule has 0 aliphatic rings. The van der Waals surface area contributed by atoms with E-state index in [1.165, 1.54) is 13.3 Å². The van der Waals surface area contributed by atoms with E-state index in [0.29, 0.717) is 29.3 Å². The van der Waals surface area contributed by atoms with E-state index in [4.69, 9.17) is 9.47 Å². The Hall–Kier alpha value is -3.40. The van der Waals surface area contributed by atoms with Crippen LogP contribution in [0.15, 0.2) is 46.0 Å². The maximum absolute atomic E-state index is 12.2. The van der Waals surface area contributed by atoms with Gasteiger partial charge >= 0.3 is 11.8 Å². The molecule has 0 spiro atoms. The monoisotopic (exact) mass is 490 g/mol. The van der Waals surface area contributed by atoms with Crippen LogP contribution in [0.3, 0.4) is 0 Å². The summed E-state index contributed by atoms with van der Waals surface area (Å²) in [6.07, 6.45) is 1.35. The molecule has 0 fully saturated rings. The maximum Gasteiger partial charge on any atom is 0.329 e. The highest BCUT2D eigenvalue weighted by molar-refractivity contribution is 9.10. The first-order valence-corrected chi connectivity index (χ1v) is 10.1. The van der Waals surface area contributed by atoms with Crippen LogP contribution < -0.4 is 25.5 Å². The summed E-state index contributed by atoms with van der Waals surface area (Å²) in [6.45, 7) is 3.77. The van der Waals surface area contributed by atoms with Gasteiger partial charge in [-0.15, -0.1) is 0 Å². The Labute approximate surface area is 188 Å². The first-order chi connectivity index (χ1) is 14.8. The lowest BCUT2D eigenvalue weighted by Crippen LogP contribution is -2.37. The molecular weight excluding hydrogens is 468 g/mol. The molecule has 0 aliphatic carbocycles. The minimum atomic E-state index is -0.864. The molecule has 0 atom stereocenters. The Bertz CT molecular complexity index is 994. The van der Waals surface area contributed by atoms with Crippen molar-refractivity contribution in [2.75, 3.05) is 25.6 Å². The van der Waals surface area contributed by atoms with E-state index in [-0.39, 0.29) is 12.5 Å². The van der Waals surface area contributed by atoms with Crippen LogP contribution in [-0.4, -0.2) is 44.2 Å². The number of benzene rings is 2. The van der Waals surface area contributed by atoms with Crippen molar-refractivity contribution in [2.24, 2.45) is 5.10 Å². The van der Waals surface area contributed by atoms with Crippen molar-refractivity contribution >= 4 is 45.6 Å². The van der Waals surface area contributed by atoms with E-state index in [0.717, 1.165) is 10.0 Å². The number of halogens is 1. The van der Waals surface area contributed by atoms with Gasteiger partial charge < -0.3 is 20.1 Å². The zero-order chi connectivity index (χ0) is 22.8. The van der Waals surface area contributed by atoms with Crippen molar-refractivity contribution in [3.05, 3.63) is 52.0 Å². The molecule has 0 aromatic heterocycles. The molecule has 3 N–H and O–H groups in total. The van der Waals surface area contributed by atoms with Crippen LogP contribution in [0, 0.1) is 6.92 Å². The quantitative estimate of drug-likeness (QED) is 0.298. The summed E-state index contributed by atoms with van der Waals surface area (Å²) in [5.74, 6) is -1.20. The summed E-state index contributed by atoms with van der Waals surface area (Å²) in [5.41, 5.74) is 4.39. The smallest absolute Gasteiger partial charge is 0.329 e. The van der Waals surface area contributed by atoms with E-state index >= 15 is 0 Å². The van der Waals surface area contributed by atoms with Gasteiger partial charge in [0, 0.05) is 16.7 Å². The highest BCUT2D eigenvalue weighted by Gasteiger charge is 2.11. The van der Waals surface area contributed by atoms with Gasteiger partial charge in [0.05, 0.1) is 13.3 Å². The molecular formula is C21H23BrN4O5. The molecule has 3 amide bonds. The Morgan fingerprint density at radius 3 is 2.55 bits per heavy atom. The molecule has 0 saturated carbocycles. The summed E-state index contributed by atoms with van der Waals surface area (Å²) >= 11 is 3.41. The fourth-order valence-corrected chi connectivity index (χ4v) is 2.65. The number of carbonyl (C=O) groups excluding carboxylic acids is 3. The van der Waals surface area contributed by atoms with Crippen LogP contribution in [0.4, 0.5) is 5.69 Å². The van der Waals surface area contributed by atoms with E-state index in [9.17, 15) is 14.4 Å². The maximum atomic E-state index is 12.2. The highest BCUT2D eigenvalue weighted by Crippen LogP contribution is 2.27. The molecule has 31 heavy (non-hydrogen) atoms. The summed E-state index contributed by atoms with van der Waals surface area (Å²) in [4.78, 5) is 35.0. The largest absolute Gasteiger partial charge is 0.493 e. The molecule has 9 nitrogen and oxygen atoms in total. The average molecular weight is 491 g/mol. The fraction of sp³-hybridized carbons (Fsp3) is 0.238. The molecule has 0 saturated heterocycles. The third-order valence-corrected chi connectivity index (χ3v) is 4.80. The second kappa shape index (κ2) is 11.7. The third-order valence-electron chi connectivity index (χ3n) is 3.91. The number of methoxy groups -OCH3 is 1. The van der Waals surface area contributed by atoms with Crippen LogP contribution in [0.2, 0.25) is 0 Å². The standard InChI is InChI=1S/C21H23BrN4O5/c1-4-23-20(28)21(29)26-24-11-14-5-8-17(18(10-14)30-3)31-12-19(27)25-15-6-7-16(22)13(2)9-15/h5-11H,4,12H2,1-3H3,(H,23,28)(H,25,27)(H,26,29)/b24-11-. The number of rotatable bonds is 8. The van der Waals surface area contributed by atoms with Crippen LogP contribution >= 0.6 is 15.9 Å². The number of hydrogen-bond donors (Lipinski definition) is 3. The molecule has 2 aromatic carbocycles. The van der Waals surface area contributed by atoms with Gasteiger partial charge in [0.15, 0.2) is 18.1 Å². The van der Waals surface area contributed by atoms with E-state index in [1.54, 1.807) is 31.2 Å². The number of aryl methyl sites for hydroxylation is 1. The number of hydrogen-bond acceptors (Lipinski definition) is 6. The lowest BCUT2D eigenvalue weighted by atomic mass is 10.2. The van der Waals surface area contributed by atoms with Gasteiger partial charge in [-0.05, 0) is 61.4 Å². The van der Waals surface area contributed by atoms with Gasteiger partial charge in [0.1, 0.15) is 0 Å². The van der Waals surface area contributed by atoms with Crippen molar-refractivity contribution < 1.29 is 23.9 Å². The average Bonchev–Trinajstić information content (AvgIpc) is 2.75. The predicted octanol–water partition coefficient (Wildman–Crippen LogP) is 2.37. The fourth-order valence-electron chi connectivity index (χ4n) is 2.40. The second-order valence-corrected chi connectivity index (χ2v) is 7.12. The van der Waals surface area contributed by atoms with Crippen LogP contribution in [0.1, 0.15) is 18.1 Å². The molecule has 10 heteroatoms. The zero-order valence-corrected chi connectivity index (χ0v) is 18.9. The molecule has 0 heterocycles. The highest BCUT2D eigenvalue weighted by atomic mass is 79.9. The number of ether oxygens (including phenoxy) is 2. The zero-order valence-electron chi connectivity index (χ0n) is 17.3.